The molecule has 12 nitrogen and oxygen atoms in total. The Bertz CT molecular complexity index is 1360. The number of likely N-dealkylation sites (tertiary alicyclic amines) is 1. The summed E-state index contributed by atoms with van der Waals surface area (Å²) in [5.41, 5.74) is 7.04. The van der Waals surface area contributed by atoms with Gasteiger partial charge in [-0.1, -0.05) is 41.0 Å². The summed E-state index contributed by atoms with van der Waals surface area (Å²) in [7, 11) is 0. The van der Waals surface area contributed by atoms with Crippen LogP contribution in [-0.4, -0.2) is 79.9 Å². The van der Waals surface area contributed by atoms with Gasteiger partial charge in [-0.15, -0.1) is 0 Å². The molecule has 0 aliphatic carbocycles. The van der Waals surface area contributed by atoms with Gasteiger partial charge in [-0.05, 0) is 31.6 Å². The highest BCUT2D eigenvalue weighted by Crippen LogP contribution is 2.32. The molecule has 3 aromatic heterocycles. The van der Waals surface area contributed by atoms with Gasteiger partial charge >= 0.3 is 0 Å². The molecule has 236 valence electrons. The molecule has 1 amide bonds. The third kappa shape index (κ3) is 7.77. The number of amides is 1. The molecule has 0 bridgehead atoms. The molecular formula is C31H49N9O3. The highest BCUT2D eigenvalue weighted by Gasteiger charge is 2.33. The Morgan fingerprint density at radius 2 is 1.70 bits per heavy atom. The van der Waals surface area contributed by atoms with Crippen molar-refractivity contribution in [2.24, 2.45) is 17.6 Å². The van der Waals surface area contributed by atoms with E-state index in [2.05, 4.69) is 50.6 Å². The summed E-state index contributed by atoms with van der Waals surface area (Å²) in [5.74, 6) is 1.61. The molecule has 3 fully saturated rings. The van der Waals surface area contributed by atoms with E-state index in [0.29, 0.717) is 36.1 Å². The molecule has 3 aromatic rings. The molecule has 0 saturated carbocycles. The van der Waals surface area contributed by atoms with Crippen molar-refractivity contribution in [1.82, 2.24) is 34.6 Å². The van der Waals surface area contributed by atoms with Crippen molar-refractivity contribution in [3.05, 3.63) is 40.3 Å². The minimum atomic E-state index is -0.219. The van der Waals surface area contributed by atoms with Crippen LogP contribution in [0.15, 0.2) is 23.4 Å². The first-order valence-corrected chi connectivity index (χ1v) is 16.0. The molecule has 12 heteroatoms. The lowest BCUT2D eigenvalue weighted by atomic mass is 9.96. The van der Waals surface area contributed by atoms with E-state index in [9.17, 15) is 9.59 Å². The molecule has 3 saturated heterocycles. The van der Waals surface area contributed by atoms with E-state index < -0.39 is 0 Å². The monoisotopic (exact) mass is 595 g/mol. The van der Waals surface area contributed by atoms with E-state index in [1.165, 1.54) is 6.42 Å². The lowest BCUT2D eigenvalue weighted by Gasteiger charge is -2.30. The first-order valence-electron chi connectivity index (χ1n) is 16.0. The van der Waals surface area contributed by atoms with Crippen molar-refractivity contribution in [2.75, 3.05) is 44.3 Å². The Hall–Kier alpha value is -3.38. The minimum Gasteiger partial charge on any atom is -0.381 e. The Morgan fingerprint density at radius 1 is 1.05 bits per heavy atom. The highest BCUT2D eigenvalue weighted by atomic mass is 16.5. The number of rotatable bonds is 6. The standard InChI is InChI=1S/C26H35N9O3.C3H8.C2H6/c1-16-13-33(14-17-10-28-26(29-11-17)34-6-2-18(3-7-34)22(27)36)15-21(16)23-31-24-20(25(37)32-23)12-30-35(24)19-4-8-38-9-5-19;1-3-2;1-2/h10-12,16,18-19,21H,2-9,13-15H2,1H3,(H2,27,36)(H,31,32,37);3H2,1-2H3;1-2H3. The van der Waals surface area contributed by atoms with Crippen molar-refractivity contribution in [1.29, 1.82) is 0 Å². The Kier molecular flexibility index (Phi) is 11.6. The zero-order valence-electron chi connectivity index (χ0n) is 26.5. The summed E-state index contributed by atoms with van der Waals surface area (Å²) in [6.45, 7) is 15.8. The normalized spacial score (nSPS) is 21.7. The number of primary amides is 1. The quantitative estimate of drug-likeness (QED) is 0.436. The molecule has 2 unspecified atom stereocenters. The topological polar surface area (TPSA) is 148 Å². The number of aromatic amines is 1. The summed E-state index contributed by atoms with van der Waals surface area (Å²) in [6, 6.07) is 0.207. The maximum Gasteiger partial charge on any atom is 0.262 e. The maximum atomic E-state index is 12.9. The van der Waals surface area contributed by atoms with Gasteiger partial charge in [0.2, 0.25) is 11.9 Å². The number of aromatic nitrogens is 6. The van der Waals surface area contributed by atoms with Gasteiger partial charge in [-0.2, -0.15) is 5.10 Å². The number of nitrogens with two attached hydrogens (primary N) is 1. The van der Waals surface area contributed by atoms with E-state index in [1.807, 2.05) is 30.9 Å². The van der Waals surface area contributed by atoms with Crippen LogP contribution >= 0.6 is 0 Å². The second kappa shape index (κ2) is 15.4. The van der Waals surface area contributed by atoms with Crippen LogP contribution in [0.3, 0.4) is 0 Å². The fraction of sp³-hybridized carbons (Fsp3) is 0.677. The number of carbonyl (C=O) groups excluding carboxylic acids is 1. The smallest absolute Gasteiger partial charge is 0.262 e. The number of fused-ring (bicyclic) bond motifs is 1. The zero-order valence-corrected chi connectivity index (χ0v) is 26.5. The van der Waals surface area contributed by atoms with Crippen LogP contribution < -0.4 is 16.2 Å². The highest BCUT2D eigenvalue weighted by molar-refractivity contribution is 5.77. The van der Waals surface area contributed by atoms with Gasteiger partial charge in [0.1, 0.15) is 11.2 Å². The summed E-state index contributed by atoms with van der Waals surface area (Å²) >= 11 is 0. The first kappa shape index (κ1) is 32.5. The largest absolute Gasteiger partial charge is 0.381 e. The van der Waals surface area contributed by atoms with Crippen molar-refractivity contribution in [3.8, 4) is 0 Å². The van der Waals surface area contributed by atoms with Gasteiger partial charge in [-0.3, -0.25) is 14.5 Å². The average molecular weight is 596 g/mol. The molecule has 0 spiro atoms. The fourth-order valence-electron chi connectivity index (χ4n) is 6.09. The number of hydrogen-bond donors (Lipinski definition) is 2. The zero-order chi connectivity index (χ0) is 30.9. The molecule has 43 heavy (non-hydrogen) atoms. The van der Waals surface area contributed by atoms with Crippen LogP contribution in [0.25, 0.3) is 11.0 Å². The van der Waals surface area contributed by atoms with Gasteiger partial charge in [0, 0.05) is 75.7 Å². The molecule has 3 N–H and O–H groups in total. The second-order valence-electron chi connectivity index (χ2n) is 11.7. The van der Waals surface area contributed by atoms with Crippen LogP contribution in [-0.2, 0) is 16.1 Å². The maximum absolute atomic E-state index is 12.9. The molecular weight excluding hydrogens is 546 g/mol. The Morgan fingerprint density at radius 3 is 2.33 bits per heavy atom. The minimum absolute atomic E-state index is 0.0526. The number of ether oxygens (including phenoxy) is 1. The SMILES string of the molecule is CC.CC1CN(Cc2cnc(N3CCC(C(N)=O)CC3)nc2)CC1c1nc2c(cnn2C2CCOCC2)c(=O)[nH]1.CCC. The van der Waals surface area contributed by atoms with Gasteiger partial charge < -0.3 is 20.4 Å². The van der Waals surface area contributed by atoms with Gasteiger partial charge in [0.05, 0.1) is 12.2 Å². The molecule has 2 atom stereocenters. The summed E-state index contributed by atoms with van der Waals surface area (Å²) in [6.07, 6.45) is 9.89. The van der Waals surface area contributed by atoms with Crippen molar-refractivity contribution < 1.29 is 9.53 Å². The molecule has 0 aromatic carbocycles. The molecule has 6 rings (SSSR count). The summed E-state index contributed by atoms with van der Waals surface area (Å²) in [4.78, 5) is 46.0. The van der Waals surface area contributed by atoms with Gasteiger partial charge in [0.15, 0.2) is 5.65 Å². The fourth-order valence-corrected chi connectivity index (χ4v) is 6.09. The molecule has 6 heterocycles. The third-order valence-electron chi connectivity index (χ3n) is 8.34. The number of carbonyl (C=O) groups is 1. The first-order chi connectivity index (χ1) is 20.9. The average Bonchev–Trinajstić information content (AvgIpc) is 3.63. The van der Waals surface area contributed by atoms with E-state index in [1.54, 1.807) is 6.20 Å². The third-order valence-corrected chi connectivity index (χ3v) is 8.34. The molecule has 3 aliphatic heterocycles. The lowest BCUT2D eigenvalue weighted by molar-refractivity contribution is -0.122. The van der Waals surface area contributed by atoms with E-state index in [-0.39, 0.29) is 29.3 Å². The number of piperidine rings is 1. The molecule has 3 aliphatic rings. The van der Waals surface area contributed by atoms with Gasteiger partial charge in [-0.25, -0.2) is 19.6 Å². The van der Waals surface area contributed by atoms with Crippen LogP contribution in [0.5, 0.6) is 0 Å². The predicted octanol–water partition coefficient (Wildman–Crippen LogP) is 3.64. The van der Waals surface area contributed by atoms with E-state index in [0.717, 1.165) is 69.8 Å². The summed E-state index contributed by atoms with van der Waals surface area (Å²) < 4.78 is 7.42. The van der Waals surface area contributed by atoms with Crippen molar-refractivity contribution >= 4 is 22.9 Å². The van der Waals surface area contributed by atoms with Crippen LogP contribution in [0.4, 0.5) is 5.95 Å². The van der Waals surface area contributed by atoms with E-state index >= 15 is 0 Å². The number of anilines is 1. The number of nitrogens with zero attached hydrogens (tertiary/aromatic N) is 7. The number of nitrogens with one attached hydrogen (secondary N) is 1. The Labute approximate surface area is 254 Å². The van der Waals surface area contributed by atoms with Gasteiger partial charge in [0.25, 0.3) is 5.56 Å². The predicted molar refractivity (Wildman–Crippen MR) is 168 cm³/mol. The van der Waals surface area contributed by atoms with E-state index in [4.69, 9.17) is 15.5 Å². The van der Waals surface area contributed by atoms with Crippen LogP contribution in [0, 0.1) is 11.8 Å². The van der Waals surface area contributed by atoms with Crippen LogP contribution in [0.1, 0.15) is 90.1 Å². The summed E-state index contributed by atoms with van der Waals surface area (Å²) in [5, 5.41) is 5.06. The second-order valence-corrected chi connectivity index (χ2v) is 11.7. The number of H-pyrrole nitrogens is 1. The lowest BCUT2D eigenvalue weighted by Crippen LogP contribution is -2.39. The van der Waals surface area contributed by atoms with Crippen LogP contribution in [0.2, 0.25) is 0 Å². The molecule has 0 radical (unpaired) electrons. The number of hydrogen-bond acceptors (Lipinski definition) is 9. The Balaban J connectivity index is 0.000000798. The van der Waals surface area contributed by atoms with Crippen molar-refractivity contribution in [2.45, 2.75) is 85.2 Å². The van der Waals surface area contributed by atoms with Crippen molar-refractivity contribution in [3.63, 3.8) is 0 Å².